The molecule has 0 aliphatic carbocycles. The van der Waals surface area contributed by atoms with E-state index in [2.05, 4.69) is 18.8 Å². The number of alkyl halides is 1. The monoisotopic (exact) mass is 491 g/mol. The quantitative estimate of drug-likeness (QED) is 0.182. The van der Waals surface area contributed by atoms with E-state index < -0.39 is 17.8 Å². The Bertz CT molecular complexity index is 825. The molecule has 0 fully saturated rings. The summed E-state index contributed by atoms with van der Waals surface area (Å²) in [6, 6.07) is 6.47. The maximum atomic E-state index is 14.7. The first-order chi connectivity index (χ1) is 17.1. The zero-order valence-corrected chi connectivity index (χ0v) is 21.8. The maximum Gasteiger partial charge on any atom is 0.201 e. The van der Waals surface area contributed by atoms with Gasteiger partial charge in [-0.25, -0.2) is 8.78 Å². The van der Waals surface area contributed by atoms with Gasteiger partial charge in [0.05, 0.1) is 12.3 Å². The van der Waals surface area contributed by atoms with E-state index in [0.29, 0.717) is 31.6 Å². The topological polar surface area (TPSA) is 22.1 Å². The molecular formula is C30H44F3NO. The molecule has 0 saturated heterocycles. The van der Waals surface area contributed by atoms with Crippen LogP contribution in [-0.2, 0) is 6.42 Å². The second-order valence-corrected chi connectivity index (χ2v) is 9.60. The van der Waals surface area contributed by atoms with Gasteiger partial charge < -0.3 is 4.74 Å². The fourth-order valence-corrected chi connectivity index (χ4v) is 4.25. The van der Waals surface area contributed by atoms with Crippen molar-refractivity contribution in [3.63, 3.8) is 0 Å². The van der Waals surface area contributed by atoms with E-state index in [0.717, 1.165) is 37.7 Å². The number of ether oxygens (including phenoxy) is 1. The third-order valence-corrected chi connectivity index (χ3v) is 6.52. The van der Waals surface area contributed by atoms with Crippen LogP contribution in [-0.4, -0.2) is 17.8 Å². The Morgan fingerprint density at radius 1 is 0.743 bits per heavy atom. The first-order valence-corrected chi connectivity index (χ1v) is 13.8. The molecule has 1 atom stereocenters. The van der Waals surface area contributed by atoms with Crippen molar-refractivity contribution in [1.29, 1.82) is 0 Å². The Balaban J connectivity index is 1.78. The van der Waals surface area contributed by atoms with Crippen LogP contribution in [0.1, 0.15) is 109 Å². The average molecular weight is 492 g/mol. The van der Waals surface area contributed by atoms with Crippen LogP contribution in [0.4, 0.5) is 13.2 Å². The van der Waals surface area contributed by atoms with Crippen LogP contribution in [0.3, 0.4) is 0 Å². The molecule has 196 valence electrons. The molecule has 0 saturated carbocycles. The summed E-state index contributed by atoms with van der Waals surface area (Å²) >= 11 is 0. The largest absolute Gasteiger partial charge is 0.490 e. The van der Waals surface area contributed by atoms with E-state index in [9.17, 15) is 13.2 Å². The second kappa shape index (κ2) is 17.4. The summed E-state index contributed by atoms with van der Waals surface area (Å²) < 4.78 is 48.9. The van der Waals surface area contributed by atoms with Crippen molar-refractivity contribution >= 4 is 0 Å². The van der Waals surface area contributed by atoms with Crippen molar-refractivity contribution in [1.82, 2.24) is 4.98 Å². The van der Waals surface area contributed by atoms with Gasteiger partial charge >= 0.3 is 0 Å². The van der Waals surface area contributed by atoms with Crippen molar-refractivity contribution in [2.24, 2.45) is 0 Å². The predicted molar refractivity (Wildman–Crippen MR) is 140 cm³/mol. The van der Waals surface area contributed by atoms with Crippen LogP contribution >= 0.6 is 0 Å². The van der Waals surface area contributed by atoms with Gasteiger partial charge in [0.25, 0.3) is 0 Å². The third kappa shape index (κ3) is 11.0. The zero-order valence-electron chi connectivity index (χ0n) is 21.8. The average Bonchev–Trinajstić information content (AvgIpc) is 2.87. The second-order valence-electron chi connectivity index (χ2n) is 9.60. The van der Waals surface area contributed by atoms with Gasteiger partial charge in [0.15, 0.2) is 11.6 Å². The number of nitrogens with zero attached hydrogens (tertiary/aromatic N) is 1. The molecule has 0 spiro atoms. The van der Waals surface area contributed by atoms with Gasteiger partial charge in [-0.05, 0) is 49.4 Å². The summed E-state index contributed by atoms with van der Waals surface area (Å²) in [5.74, 6) is -1.99. The van der Waals surface area contributed by atoms with E-state index in [1.54, 1.807) is 12.3 Å². The van der Waals surface area contributed by atoms with E-state index in [1.807, 2.05) is 6.07 Å². The number of unbranched alkanes of at least 4 members (excludes halogenated alkanes) is 10. The van der Waals surface area contributed by atoms with E-state index in [4.69, 9.17) is 4.74 Å². The minimum absolute atomic E-state index is 0.0595. The smallest absolute Gasteiger partial charge is 0.201 e. The van der Waals surface area contributed by atoms with Crippen LogP contribution in [0.5, 0.6) is 5.75 Å². The van der Waals surface area contributed by atoms with Gasteiger partial charge in [0.1, 0.15) is 6.17 Å². The van der Waals surface area contributed by atoms with Gasteiger partial charge in [-0.1, -0.05) is 90.5 Å². The third-order valence-electron chi connectivity index (χ3n) is 6.52. The zero-order chi connectivity index (χ0) is 25.3. The predicted octanol–water partition coefficient (Wildman–Crippen LogP) is 9.79. The lowest BCUT2D eigenvalue weighted by Gasteiger charge is -2.11. The summed E-state index contributed by atoms with van der Waals surface area (Å²) in [7, 11) is 0. The van der Waals surface area contributed by atoms with Crippen LogP contribution < -0.4 is 4.74 Å². The Hall–Kier alpha value is -2.04. The lowest BCUT2D eigenvalue weighted by molar-refractivity contribution is 0.285. The summed E-state index contributed by atoms with van der Waals surface area (Å²) in [5, 5.41) is 0. The SMILES string of the molecule is CCCCCCCCOc1ccc(-c2ccc(CCC(F)CCCCCCCC)cn2)c(F)c1F. The molecule has 1 aromatic carbocycles. The van der Waals surface area contributed by atoms with Crippen molar-refractivity contribution in [2.75, 3.05) is 6.61 Å². The molecule has 0 bridgehead atoms. The minimum atomic E-state index is -0.977. The molecule has 2 nitrogen and oxygen atoms in total. The summed E-state index contributed by atoms with van der Waals surface area (Å²) in [5.41, 5.74) is 1.36. The summed E-state index contributed by atoms with van der Waals surface area (Å²) in [6.45, 7) is 4.74. The molecule has 2 aromatic rings. The molecule has 5 heteroatoms. The van der Waals surface area contributed by atoms with Crippen molar-refractivity contribution in [3.05, 3.63) is 47.7 Å². The fraction of sp³-hybridized carbons (Fsp3) is 0.633. The van der Waals surface area contributed by atoms with Gasteiger partial charge in [0, 0.05) is 11.8 Å². The molecule has 0 aliphatic rings. The molecule has 0 radical (unpaired) electrons. The molecule has 0 amide bonds. The van der Waals surface area contributed by atoms with E-state index in [1.165, 1.54) is 57.1 Å². The van der Waals surface area contributed by atoms with Crippen molar-refractivity contribution in [2.45, 2.75) is 116 Å². The maximum absolute atomic E-state index is 14.7. The number of hydrogen-bond donors (Lipinski definition) is 0. The van der Waals surface area contributed by atoms with Crippen molar-refractivity contribution in [3.8, 4) is 17.0 Å². The van der Waals surface area contributed by atoms with Gasteiger partial charge in [-0.15, -0.1) is 0 Å². The standard InChI is InChI=1S/C30H44F3NO/c1-3-5-7-9-11-13-15-25(31)18-16-24-17-20-27(34-23-24)26-19-21-28(30(33)29(26)32)35-22-14-12-10-8-6-4-2/h17,19-21,23,25H,3-16,18,22H2,1-2H3. The summed E-state index contributed by atoms with van der Waals surface area (Å²) in [6.07, 6.45) is 16.1. The highest BCUT2D eigenvalue weighted by Gasteiger charge is 2.17. The lowest BCUT2D eigenvalue weighted by Crippen LogP contribution is -2.03. The van der Waals surface area contributed by atoms with Crippen LogP contribution in [0.15, 0.2) is 30.5 Å². The molecule has 0 N–H and O–H groups in total. The number of hydrogen-bond acceptors (Lipinski definition) is 2. The highest BCUT2D eigenvalue weighted by Crippen LogP contribution is 2.29. The summed E-state index contributed by atoms with van der Waals surface area (Å²) in [4.78, 5) is 4.30. The van der Waals surface area contributed by atoms with Gasteiger partial charge in [-0.2, -0.15) is 4.39 Å². The van der Waals surface area contributed by atoms with E-state index >= 15 is 0 Å². The number of pyridine rings is 1. The Labute approximate surface area is 210 Å². The number of aryl methyl sites for hydroxylation is 1. The number of rotatable bonds is 19. The fourth-order valence-electron chi connectivity index (χ4n) is 4.25. The molecule has 35 heavy (non-hydrogen) atoms. The van der Waals surface area contributed by atoms with E-state index in [-0.39, 0.29) is 11.3 Å². The molecule has 1 unspecified atom stereocenters. The van der Waals surface area contributed by atoms with Crippen LogP contribution in [0, 0.1) is 11.6 Å². The minimum Gasteiger partial charge on any atom is -0.490 e. The first kappa shape index (κ1) is 29.2. The number of halogens is 3. The lowest BCUT2D eigenvalue weighted by atomic mass is 10.0. The normalized spacial score (nSPS) is 12.1. The molecule has 1 aromatic heterocycles. The molecular weight excluding hydrogens is 447 g/mol. The van der Waals surface area contributed by atoms with Gasteiger partial charge in [-0.3, -0.25) is 4.98 Å². The highest BCUT2D eigenvalue weighted by molar-refractivity contribution is 5.61. The molecule has 2 rings (SSSR count). The number of aromatic nitrogens is 1. The molecule has 1 heterocycles. The van der Waals surface area contributed by atoms with Crippen LogP contribution in [0.25, 0.3) is 11.3 Å². The Morgan fingerprint density at radius 2 is 1.40 bits per heavy atom. The Morgan fingerprint density at radius 3 is 2.06 bits per heavy atom. The Kier molecular flexibility index (Phi) is 14.5. The number of benzene rings is 1. The van der Waals surface area contributed by atoms with Crippen molar-refractivity contribution < 1.29 is 17.9 Å². The van der Waals surface area contributed by atoms with Gasteiger partial charge in [0.2, 0.25) is 5.82 Å². The highest BCUT2D eigenvalue weighted by atomic mass is 19.2. The molecule has 0 aliphatic heterocycles. The van der Waals surface area contributed by atoms with Crippen LogP contribution in [0.2, 0.25) is 0 Å². The first-order valence-electron chi connectivity index (χ1n) is 13.8.